The van der Waals surface area contributed by atoms with E-state index in [4.69, 9.17) is 4.98 Å². The van der Waals surface area contributed by atoms with Gasteiger partial charge in [0, 0.05) is 37.1 Å². The normalized spacial score (nSPS) is 19.4. The van der Waals surface area contributed by atoms with Crippen LogP contribution in [0.2, 0.25) is 0 Å². The maximum atomic E-state index is 11.9. The van der Waals surface area contributed by atoms with Gasteiger partial charge in [-0.2, -0.15) is 0 Å². The molecule has 128 valence electrons. The summed E-state index contributed by atoms with van der Waals surface area (Å²) in [6.45, 7) is 9.77. The summed E-state index contributed by atoms with van der Waals surface area (Å²) >= 11 is 1.75. The molecule has 2 aromatic heterocycles. The van der Waals surface area contributed by atoms with E-state index in [9.17, 15) is 4.79 Å². The van der Waals surface area contributed by atoms with Crippen molar-refractivity contribution in [2.45, 2.75) is 39.7 Å². The Balaban J connectivity index is 1.59. The molecule has 2 aliphatic heterocycles. The number of anilines is 1. The molecule has 2 fully saturated rings. The van der Waals surface area contributed by atoms with Crippen LogP contribution in [0.4, 0.5) is 10.6 Å². The van der Waals surface area contributed by atoms with Crippen LogP contribution in [0.5, 0.6) is 0 Å². The molecule has 1 N–H and O–H groups in total. The van der Waals surface area contributed by atoms with Crippen LogP contribution in [0.1, 0.15) is 29.1 Å². The van der Waals surface area contributed by atoms with E-state index in [0.717, 1.165) is 55.5 Å². The van der Waals surface area contributed by atoms with E-state index in [0.29, 0.717) is 6.04 Å². The summed E-state index contributed by atoms with van der Waals surface area (Å²) in [6, 6.07) is 0.450. The summed E-state index contributed by atoms with van der Waals surface area (Å²) in [4.78, 5) is 28.0. The van der Waals surface area contributed by atoms with Crippen molar-refractivity contribution in [2.75, 3.05) is 31.1 Å². The molecule has 0 aliphatic carbocycles. The number of rotatable bonds is 2. The number of fused-ring (bicyclic) bond motifs is 1. The van der Waals surface area contributed by atoms with Crippen LogP contribution in [0, 0.1) is 20.8 Å². The van der Waals surface area contributed by atoms with Crippen molar-refractivity contribution in [2.24, 2.45) is 0 Å². The van der Waals surface area contributed by atoms with Gasteiger partial charge in [0.05, 0.1) is 5.39 Å². The molecular weight excluding hydrogens is 322 g/mol. The van der Waals surface area contributed by atoms with Crippen LogP contribution in [-0.4, -0.2) is 53.1 Å². The summed E-state index contributed by atoms with van der Waals surface area (Å²) in [5.74, 6) is 1.91. The Morgan fingerprint density at radius 1 is 1.12 bits per heavy atom. The van der Waals surface area contributed by atoms with Gasteiger partial charge in [0.15, 0.2) is 0 Å². The van der Waals surface area contributed by atoms with Gasteiger partial charge in [-0.05, 0) is 39.2 Å². The van der Waals surface area contributed by atoms with Crippen molar-refractivity contribution in [1.29, 1.82) is 0 Å². The molecule has 0 bridgehead atoms. The van der Waals surface area contributed by atoms with Gasteiger partial charge in [-0.25, -0.2) is 14.8 Å². The second-order valence-corrected chi connectivity index (χ2v) is 7.90. The van der Waals surface area contributed by atoms with Gasteiger partial charge in [0.25, 0.3) is 0 Å². The number of nitrogens with zero attached hydrogens (tertiary/aromatic N) is 4. The number of nitrogens with one attached hydrogen (secondary N) is 1. The third-order valence-corrected chi connectivity index (χ3v) is 6.32. The summed E-state index contributed by atoms with van der Waals surface area (Å²) in [7, 11) is 0. The number of hydrogen-bond donors (Lipinski definition) is 1. The average molecular weight is 345 g/mol. The number of aryl methyl sites for hydroxylation is 3. The van der Waals surface area contributed by atoms with Crippen molar-refractivity contribution in [3.8, 4) is 0 Å². The molecule has 2 aliphatic rings. The molecule has 0 aromatic carbocycles. The lowest BCUT2D eigenvalue weighted by molar-refractivity contribution is 0.186. The second kappa shape index (κ2) is 5.88. The highest BCUT2D eigenvalue weighted by Crippen LogP contribution is 2.36. The summed E-state index contributed by atoms with van der Waals surface area (Å²) in [5.41, 5.74) is 1.30. The SMILES string of the molecule is Cc1nc(N2CCC(N3CCNC3=O)CC2)c2c(C)c(C)sc2n1. The van der Waals surface area contributed by atoms with Crippen LogP contribution < -0.4 is 10.2 Å². The lowest BCUT2D eigenvalue weighted by atomic mass is 10.0. The van der Waals surface area contributed by atoms with E-state index < -0.39 is 0 Å². The van der Waals surface area contributed by atoms with E-state index in [1.165, 1.54) is 15.8 Å². The van der Waals surface area contributed by atoms with Gasteiger partial charge in [0.2, 0.25) is 0 Å². The van der Waals surface area contributed by atoms with Gasteiger partial charge in [0.1, 0.15) is 16.5 Å². The number of thiophene rings is 1. The Hall–Kier alpha value is -1.89. The fourth-order valence-electron chi connectivity index (χ4n) is 3.79. The Labute approximate surface area is 145 Å². The first-order chi connectivity index (χ1) is 11.5. The number of carbonyl (C=O) groups excluding carboxylic acids is 1. The Morgan fingerprint density at radius 2 is 1.88 bits per heavy atom. The van der Waals surface area contributed by atoms with Gasteiger partial charge in [-0.3, -0.25) is 0 Å². The Kier molecular flexibility index (Phi) is 3.83. The molecular formula is C17H23N5OS. The third-order valence-electron chi connectivity index (χ3n) is 5.22. The molecule has 0 atom stereocenters. The minimum Gasteiger partial charge on any atom is -0.356 e. The van der Waals surface area contributed by atoms with Gasteiger partial charge in [-0.15, -0.1) is 11.3 Å². The molecule has 0 radical (unpaired) electrons. The molecule has 7 heteroatoms. The number of aromatic nitrogens is 2. The monoisotopic (exact) mass is 345 g/mol. The molecule has 4 heterocycles. The van der Waals surface area contributed by atoms with Crippen LogP contribution in [0.15, 0.2) is 0 Å². The molecule has 0 spiro atoms. The first-order valence-corrected chi connectivity index (χ1v) is 9.40. The van der Waals surface area contributed by atoms with E-state index in [-0.39, 0.29) is 6.03 Å². The van der Waals surface area contributed by atoms with E-state index in [1.54, 1.807) is 11.3 Å². The lowest BCUT2D eigenvalue weighted by Crippen LogP contribution is -2.46. The molecule has 2 aromatic rings. The smallest absolute Gasteiger partial charge is 0.317 e. The van der Waals surface area contributed by atoms with Crippen molar-refractivity contribution >= 4 is 33.4 Å². The minimum absolute atomic E-state index is 0.0954. The number of piperidine rings is 1. The molecule has 0 saturated carbocycles. The molecule has 2 saturated heterocycles. The predicted octanol–water partition coefficient (Wildman–Crippen LogP) is 2.61. The zero-order chi connectivity index (χ0) is 16.8. The third kappa shape index (κ3) is 2.51. The van der Waals surface area contributed by atoms with Gasteiger partial charge >= 0.3 is 6.03 Å². The molecule has 0 unspecified atom stereocenters. The Bertz CT molecular complexity index is 794. The van der Waals surface area contributed by atoms with Crippen molar-refractivity contribution in [3.63, 3.8) is 0 Å². The fraction of sp³-hybridized carbons (Fsp3) is 0.588. The van der Waals surface area contributed by atoms with Crippen LogP contribution >= 0.6 is 11.3 Å². The maximum absolute atomic E-state index is 11.9. The van der Waals surface area contributed by atoms with Crippen molar-refractivity contribution < 1.29 is 4.79 Å². The fourth-order valence-corrected chi connectivity index (χ4v) is 4.85. The van der Waals surface area contributed by atoms with E-state index in [1.807, 2.05) is 11.8 Å². The largest absolute Gasteiger partial charge is 0.356 e. The standard InChI is InChI=1S/C17H23N5OS/c1-10-11(2)24-16-14(10)15(19-12(3)20-16)21-7-4-13(5-8-21)22-9-6-18-17(22)23/h13H,4-9H2,1-3H3,(H,18,23). The van der Waals surface area contributed by atoms with Gasteiger partial charge < -0.3 is 15.1 Å². The highest BCUT2D eigenvalue weighted by Gasteiger charge is 2.31. The quantitative estimate of drug-likeness (QED) is 0.909. The van der Waals surface area contributed by atoms with Crippen molar-refractivity contribution in [3.05, 3.63) is 16.3 Å². The summed E-state index contributed by atoms with van der Waals surface area (Å²) < 4.78 is 0. The second-order valence-electron chi connectivity index (χ2n) is 6.70. The highest BCUT2D eigenvalue weighted by molar-refractivity contribution is 7.18. The van der Waals surface area contributed by atoms with Crippen LogP contribution in [0.25, 0.3) is 10.2 Å². The van der Waals surface area contributed by atoms with E-state index >= 15 is 0 Å². The molecule has 6 nitrogen and oxygen atoms in total. The molecule has 24 heavy (non-hydrogen) atoms. The average Bonchev–Trinajstić information content (AvgIpc) is 3.11. The molecule has 2 amide bonds. The lowest BCUT2D eigenvalue weighted by Gasteiger charge is -2.37. The summed E-state index contributed by atoms with van der Waals surface area (Å²) in [6.07, 6.45) is 2.00. The van der Waals surface area contributed by atoms with Crippen LogP contribution in [-0.2, 0) is 0 Å². The zero-order valence-electron chi connectivity index (χ0n) is 14.4. The van der Waals surface area contributed by atoms with Crippen LogP contribution in [0.3, 0.4) is 0 Å². The zero-order valence-corrected chi connectivity index (χ0v) is 15.2. The number of urea groups is 1. The minimum atomic E-state index is 0.0954. The topological polar surface area (TPSA) is 61.4 Å². The summed E-state index contributed by atoms with van der Waals surface area (Å²) in [5, 5.41) is 4.11. The maximum Gasteiger partial charge on any atom is 0.317 e. The first-order valence-electron chi connectivity index (χ1n) is 8.58. The molecule has 4 rings (SSSR count). The van der Waals surface area contributed by atoms with Crippen molar-refractivity contribution in [1.82, 2.24) is 20.2 Å². The number of carbonyl (C=O) groups is 1. The number of hydrogen-bond acceptors (Lipinski definition) is 5. The van der Waals surface area contributed by atoms with Gasteiger partial charge in [-0.1, -0.05) is 0 Å². The van der Waals surface area contributed by atoms with E-state index in [2.05, 4.69) is 29.0 Å². The predicted molar refractivity (Wildman–Crippen MR) is 97.0 cm³/mol. The highest BCUT2D eigenvalue weighted by atomic mass is 32.1. The number of amides is 2. The first kappa shape index (κ1) is 15.6. The Morgan fingerprint density at radius 3 is 2.54 bits per heavy atom.